The third-order valence-corrected chi connectivity index (χ3v) is 4.83. The van der Waals surface area contributed by atoms with Crippen molar-refractivity contribution in [2.75, 3.05) is 0 Å². The summed E-state index contributed by atoms with van der Waals surface area (Å²) in [5.74, 6) is 2.66. The van der Waals surface area contributed by atoms with Crippen molar-refractivity contribution < 1.29 is 5.11 Å². The van der Waals surface area contributed by atoms with Crippen LogP contribution in [0.15, 0.2) is 0 Å². The Hall–Kier alpha value is -0.0400. The van der Waals surface area contributed by atoms with Crippen LogP contribution < -0.4 is 0 Å². The lowest BCUT2D eigenvalue weighted by atomic mass is 9.42. The Bertz CT molecular complexity index is 179. The molecule has 5 atom stereocenters. The molecule has 3 rings (SSSR count). The van der Waals surface area contributed by atoms with E-state index in [0.717, 1.165) is 5.92 Å². The van der Waals surface area contributed by atoms with E-state index in [9.17, 15) is 5.11 Å². The SMILES string of the molecule is CC1C(C)C2CC(C1O)C2(C)C. The van der Waals surface area contributed by atoms with Gasteiger partial charge in [-0.25, -0.2) is 0 Å². The Morgan fingerprint density at radius 1 is 1.08 bits per heavy atom. The van der Waals surface area contributed by atoms with Crippen molar-refractivity contribution in [3.8, 4) is 0 Å². The largest absolute Gasteiger partial charge is 0.393 e. The van der Waals surface area contributed by atoms with E-state index in [1.165, 1.54) is 6.42 Å². The lowest BCUT2D eigenvalue weighted by Crippen LogP contribution is -2.61. The van der Waals surface area contributed by atoms with E-state index in [0.29, 0.717) is 23.2 Å². The number of fused-ring (bicyclic) bond motifs is 2. The fourth-order valence-electron chi connectivity index (χ4n) is 3.51. The second kappa shape index (κ2) is 2.25. The highest BCUT2D eigenvalue weighted by Crippen LogP contribution is 2.62. The molecule has 0 radical (unpaired) electrons. The zero-order valence-corrected chi connectivity index (χ0v) is 8.54. The highest BCUT2D eigenvalue weighted by Gasteiger charge is 2.59. The van der Waals surface area contributed by atoms with E-state index in [4.69, 9.17) is 0 Å². The smallest absolute Gasteiger partial charge is 0.0601 e. The first-order chi connectivity index (χ1) is 5.46. The van der Waals surface area contributed by atoms with Crippen LogP contribution in [-0.4, -0.2) is 11.2 Å². The van der Waals surface area contributed by atoms with E-state index in [1.54, 1.807) is 0 Å². The maximum Gasteiger partial charge on any atom is 0.0601 e. The Labute approximate surface area is 75.2 Å². The summed E-state index contributed by atoms with van der Waals surface area (Å²) >= 11 is 0. The molecule has 0 aromatic heterocycles. The molecular weight excluding hydrogens is 148 g/mol. The number of hydrogen-bond acceptors (Lipinski definition) is 1. The van der Waals surface area contributed by atoms with Gasteiger partial charge in [0, 0.05) is 0 Å². The van der Waals surface area contributed by atoms with Gasteiger partial charge in [0.1, 0.15) is 0 Å². The van der Waals surface area contributed by atoms with Crippen LogP contribution in [0.2, 0.25) is 0 Å². The lowest BCUT2D eigenvalue weighted by molar-refractivity contribution is -0.195. The molecule has 0 aliphatic heterocycles. The highest BCUT2D eigenvalue weighted by atomic mass is 16.3. The number of aliphatic hydroxyl groups excluding tert-OH is 1. The first-order valence-corrected chi connectivity index (χ1v) is 5.14. The number of hydrogen-bond donors (Lipinski definition) is 1. The molecule has 12 heavy (non-hydrogen) atoms. The molecule has 1 nitrogen and oxygen atoms in total. The van der Waals surface area contributed by atoms with Crippen molar-refractivity contribution in [2.24, 2.45) is 29.1 Å². The van der Waals surface area contributed by atoms with Crippen LogP contribution >= 0.6 is 0 Å². The van der Waals surface area contributed by atoms with E-state index >= 15 is 0 Å². The monoisotopic (exact) mass is 168 g/mol. The second-order valence-corrected chi connectivity index (χ2v) is 5.48. The zero-order valence-electron chi connectivity index (χ0n) is 8.54. The van der Waals surface area contributed by atoms with Crippen LogP contribution in [-0.2, 0) is 0 Å². The van der Waals surface area contributed by atoms with Crippen LogP contribution in [0.25, 0.3) is 0 Å². The van der Waals surface area contributed by atoms with Crippen LogP contribution in [0.5, 0.6) is 0 Å². The van der Waals surface area contributed by atoms with Gasteiger partial charge in [0.15, 0.2) is 0 Å². The molecule has 0 amide bonds. The van der Waals surface area contributed by atoms with Gasteiger partial charge in [0.2, 0.25) is 0 Å². The van der Waals surface area contributed by atoms with Gasteiger partial charge in [-0.15, -0.1) is 0 Å². The fraction of sp³-hybridized carbons (Fsp3) is 1.00. The first kappa shape index (κ1) is 8.55. The van der Waals surface area contributed by atoms with Crippen LogP contribution in [0.4, 0.5) is 0 Å². The van der Waals surface area contributed by atoms with Gasteiger partial charge in [-0.05, 0) is 35.5 Å². The molecule has 5 unspecified atom stereocenters. The first-order valence-electron chi connectivity index (χ1n) is 5.14. The molecule has 3 saturated carbocycles. The molecule has 1 heteroatoms. The topological polar surface area (TPSA) is 20.2 Å². The normalized spacial score (nSPS) is 56.2. The van der Waals surface area contributed by atoms with Crippen molar-refractivity contribution >= 4 is 0 Å². The van der Waals surface area contributed by atoms with Crippen molar-refractivity contribution in [3.63, 3.8) is 0 Å². The Morgan fingerprint density at radius 2 is 1.67 bits per heavy atom. The van der Waals surface area contributed by atoms with Crippen LogP contribution in [0.1, 0.15) is 34.1 Å². The predicted molar refractivity (Wildman–Crippen MR) is 49.7 cm³/mol. The standard InChI is InChI=1S/C11H20O/c1-6-7(2)10(12)9-5-8(6)11(9,3)4/h6-10,12H,5H2,1-4H3. The zero-order chi connectivity index (χ0) is 9.09. The van der Waals surface area contributed by atoms with Gasteiger partial charge in [-0.1, -0.05) is 27.7 Å². The molecule has 0 heterocycles. The summed E-state index contributed by atoms with van der Waals surface area (Å²) < 4.78 is 0. The molecule has 70 valence electrons. The molecule has 0 aromatic carbocycles. The molecular formula is C11H20O. The number of aliphatic hydroxyl groups is 1. The Kier molecular flexibility index (Phi) is 1.61. The molecule has 1 N–H and O–H groups in total. The fourth-order valence-corrected chi connectivity index (χ4v) is 3.51. The maximum atomic E-state index is 9.99. The maximum absolute atomic E-state index is 9.99. The van der Waals surface area contributed by atoms with Crippen molar-refractivity contribution in [2.45, 2.75) is 40.2 Å². The van der Waals surface area contributed by atoms with Gasteiger partial charge in [-0.3, -0.25) is 0 Å². The average molecular weight is 168 g/mol. The van der Waals surface area contributed by atoms with Gasteiger partial charge < -0.3 is 5.11 Å². The van der Waals surface area contributed by atoms with Crippen LogP contribution in [0, 0.1) is 29.1 Å². The molecule has 2 bridgehead atoms. The van der Waals surface area contributed by atoms with E-state index in [-0.39, 0.29) is 6.10 Å². The van der Waals surface area contributed by atoms with Crippen molar-refractivity contribution in [1.82, 2.24) is 0 Å². The third-order valence-electron chi connectivity index (χ3n) is 4.83. The molecule has 0 aromatic rings. The Balaban J connectivity index is 2.24. The summed E-state index contributed by atoms with van der Waals surface area (Å²) in [4.78, 5) is 0. The highest BCUT2D eigenvalue weighted by molar-refractivity contribution is 5.08. The second-order valence-electron chi connectivity index (χ2n) is 5.48. The van der Waals surface area contributed by atoms with Crippen molar-refractivity contribution in [3.05, 3.63) is 0 Å². The van der Waals surface area contributed by atoms with Gasteiger partial charge >= 0.3 is 0 Å². The summed E-state index contributed by atoms with van der Waals surface area (Å²) in [5, 5.41) is 9.99. The average Bonchev–Trinajstić information content (AvgIpc) is 1.98. The van der Waals surface area contributed by atoms with Gasteiger partial charge in [0.25, 0.3) is 0 Å². The minimum absolute atomic E-state index is 0.0417. The van der Waals surface area contributed by atoms with E-state index in [2.05, 4.69) is 27.7 Å². The molecule has 3 aliphatic carbocycles. The molecule has 3 fully saturated rings. The predicted octanol–water partition coefficient (Wildman–Crippen LogP) is 2.30. The lowest BCUT2D eigenvalue weighted by Gasteiger charge is -2.63. The summed E-state index contributed by atoms with van der Waals surface area (Å²) in [7, 11) is 0. The number of rotatable bonds is 0. The minimum atomic E-state index is -0.0417. The summed E-state index contributed by atoms with van der Waals surface area (Å²) in [6.45, 7) is 9.13. The quantitative estimate of drug-likeness (QED) is 0.588. The van der Waals surface area contributed by atoms with Crippen molar-refractivity contribution in [1.29, 1.82) is 0 Å². The molecule has 0 saturated heterocycles. The van der Waals surface area contributed by atoms with Gasteiger partial charge in [0.05, 0.1) is 6.10 Å². The molecule has 3 aliphatic rings. The Morgan fingerprint density at radius 3 is 2.08 bits per heavy atom. The summed E-state index contributed by atoms with van der Waals surface area (Å²) in [6, 6.07) is 0. The molecule has 0 spiro atoms. The van der Waals surface area contributed by atoms with E-state index < -0.39 is 0 Å². The minimum Gasteiger partial charge on any atom is -0.393 e. The van der Waals surface area contributed by atoms with Gasteiger partial charge in [-0.2, -0.15) is 0 Å². The summed E-state index contributed by atoms with van der Waals surface area (Å²) in [6.07, 6.45) is 1.22. The van der Waals surface area contributed by atoms with Crippen LogP contribution in [0.3, 0.4) is 0 Å². The van der Waals surface area contributed by atoms with E-state index in [1.807, 2.05) is 0 Å². The summed E-state index contributed by atoms with van der Waals surface area (Å²) in [5.41, 5.74) is 0.408. The third kappa shape index (κ3) is 0.783.